The first-order valence-corrected chi connectivity index (χ1v) is 10.2. The lowest BCUT2D eigenvalue weighted by Gasteiger charge is -2.29. The van der Waals surface area contributed by atoms with Gasteiger partial charge in [-0.3, -0.25) is 14.2 Å². The maximum absolute atomic E-state index is 13.3. The second kappa shape index (κ2) is 7.48. The average Bonchev–Trinajstić information content (AvgIpc) is 3.07. The molecular formula is C21H21FN2O5S. The Labute approximate surface area is 175 Å². The van der Waals surface area contributed by atoms with E-state index in [0.29, 0.717) is 28.8 Å². The highest BCUT2D eigenvalue weighted by atomic mass is 32.1. The molecule has 30 heavy (non-hydrogen) atoms. The first kappa shape index (κ1) is 20.5. The van der Waals surface area contributed by atoms with Crippen LogP contribution in [0, 0.1) is 5.82 Å². The van der Waals surface area contributed by atoms with Crippen molar-refractivity contribution < 1.29 is 18.7 Å². The van der Waals surface area contributed by atoms with E-state index in [1.54, 1.807) is 12.1 Å². The van der Waals surface area contributed by atoms with Crippen molar-refractivity contribution in [3.8, 4) is 0 Å². The minimum Gasteiger partial charge on any atom is -0.468 e. The Morgan fingerprint density at radius 2 is 1.93 bits per heavy atom. The van der Waals surface area contributed by atoms with E-state index in [9.17, 15) is 18.8 Å². The molecule has 3 heterocycles. The fourth-order valence-electron chi connectivity index (χ4n) is 3.65. The van der Waals surface area contributed by atoms with Crippen molar-refractivity contribution in [3.05, 3.63) is 66.9 Å². The largest absolute Gasteiger partial charge is 0.468 e. The van der Waals surface area contributed by atoms with Gasteiger partial charge in [0.05, 0.1) is 31.2 Å². The Morgan fingerprint density at radius 1 is 1.23 bits per heavy atom. The summed E-state index contributed by atoms with van der Waals surface area (Å²) >= 11 is 1.35. The summed E-state index contributed by atoms with van der Waals surface area (Å²) in [4.78, 5) is 39.7. The quantitative estimate of drug-likeness (QED) is 0.592. The third-order valence-electron chi connectivity index (χ3n) is 5.20. The van der Waals surface area contributed by atoms with Crippen LogP contribution in [0.15, 0.2) is 33.9 Å². The molecule has 0 amide bonds. The summed E-state index contributed by atoms with van der Waals surface area (Å²) in [7, 11) is 1.20. The molecule has 2 aromatic heterocycles. The molecule has 0 bridgehead atoms. The minimum atomic E-state index is -0.686. The average molecular weight is 432 g/mol. The maximum Gasteiger partial charge on any atom is 0.332 e. The van der Waals surface area contributed by atoms with Crippen molar-refractivity contribution in [3.63, 3.8) is 0 Å². The number of rotatable bonds is 4. The SMILES string of the molecule is COC(=O)Cn1c(=O)c2c3c(sc2n(Cc2ccc(F)cc2)c1=O)COC(C)(C)C3. The first-order chi connectivity index (χ1) is 14.2. The van der Waals surface area contributed by atoms with Gasteiger partial charge in [0, 0.05) is 11.3 Å². The highest BCUT2D eigenvalue weighted by Gasteiger charge is 2.32. The predicted octanol–water partition coefficient (Wildman–Crippen LogP) is 2.44. The van der Waals surface area contributed by atoms with Crippen LogP contribution < -0.4 is 11.2 Å². The topological polar surface area (TPSA) is 79.5 Å². The van der Waals surface area contributed by atoms with Gasteiger partial charge >= 0.3 is 11.7 Å². The number of halogens is 1. The smallest absolute Gasteiger partial charge is 0.332 e. The van der Waals surface area contributed by atoms with Crippen LogP contribution in [0.2, 0.25) is 0 Å². The zero-order valence-electron chi connectivity index (χ0n) is 16.9. The van der Waals surface area contributed by atoms with E-state index in [0.717, 1.165) is 15.0 Å². The molecule has 1 aliphatic heterocycles. The molecule has 0 atom stereocenters. The van der Waals surface area contributed by atoms with Crippen LogP contribution >= 0.6 is 11.3 Å². The van der Waals surface area contributed by atoms with Crippen molar-refractivity contribution in [1.29, 1.82) is 0 Å². The van der Waals surface area contributed by atoms with Gasteiger partial charge in [0.15, 0.2) is 0 Å². The molecule has 0 saturated heterocycles. The normalized spacial score (nSPS) is 15.2. The molecule has 0 saturated carbocycles. The van der Waals surface area contributed by atoms with E-state index in [1.165, 1.54) is 35.1 Å². The van der Waals surface area contributed by atoms with Crippen molar-refractivity contribution in [2.24, 2.45) is 0 Å². The zero-order valence-corrected chi connectivity index (χ0v) is 17.7. The van der Waals surface area contributed by atoms with Crippen LogP contribution in [0.1, 0.15) is 29.9 Å². The molecule has 0 N–H and O–H groups in total. The molecule has 1 aliphatic rings. The number of hydrogen-bond acceptors (Lipinski definition) is 6. The summed E-state index contributed by atoms with van der Waals surface area (Å²) < 4.78 is 26.2. The van der Waals surface area contributed by atoms with Gasteiger partial charge in [-0.05, 0) is 37.1 Å². The summed E-state index contributed by atoms with van der Waals surface area (Å²) in [5.74, 6) is -1.06. The maximum atomic E-state index is 13.3. The van der Waals surface area contributed by atoms with E-state index in [1.807, 2.05) is 13.8 Å². The van der Waals surface area contributed by atoms with Gasteiger partial charge in [-0.1, -0.05) is 12.1 Å². The van der Waals surface area contributed by atoms with Gasteiger partial charge in [0.2, 0.25) is 0 Å². The van der Waals surface area contributed by atoms with Gasteiger partial charge in [0.25, 0.3) is 5.56 Å². The number of carbonyl (C=O) groups excluding carboxylic acids is 1. The van der Waals surface area contributed by atoms with Crippen LogP contribution in [-0.4, -0.2) is 27.8 Å². The van der Waals surface area contributed by atoms with Crippen LogP contribution in [0.5, 0.6) is 0 Å². The Morgan fingerprint density at radius 3 is 2.60 bits per heavy atom. The van der Waals surface area contributed by atoms with Crippen molar-refractivity contribution >= 4 is 27.5 Å². The van der Waals surface area contributed by atoms with Crippen LogP contribution in [0.3, 0.4) is 0 Å². The molecule has 0 fully saturated rings. The summed E-state index contributed by atoms with van der Waals surface area (Å²) in [5, 5.41) is 0.428. The van der Waals surface area contributed by atoms with E-state index < -0.39 is 29.4 Å². The molecular weight excluding hydrogens is 411 g/mol. The van der Waals surface area contributed by atoms with E-state index in [2.05, 4.69) is 4.74 Å². The lowest BCUT2D eigenvalue weighted by molar-refractivity contribution is -0.141. The molecule has 1 aromatic carbocycles. The van der Waals surface area contributed by atoms with Crippen LogP contribution in [0.25, 0.3) is 10.2 Å². The molecule has 9 heteroatoms. The molecule has 158 valence electrons. The summed E-state index contributed by atoms with van der Waals surface area (Å²) in [6.45, 7) is 3.91. The number of benzene rings is 1. The lowest BCUT2D eigenvalue weighted by atomic mass is 9.94. The molecule has 7 nitrogen and oxygen atoms in total. The fraction of sp³-hybridized carbons (Fsp3) is 0.381. The highest BCUT2D eigenvalue weighted by molar-refractivity contribution is 7.18. The highest BCUT2D eigenvalue weighted by Crippen LogP contribution is 2.37. The Balaban J connectivity index is 1.98. The number of methoxy groups -OCH3 is 1. The molecule has 0 aliphatic carbocycles. The van der Waals surface area contributed by atoms with E-state index in [-0.39, 0.29) is 12.4 Å². The molecule has 4 rings (SSSR count). The number of ether oxygens (including phenoxy) is 2. The fourth-order valence-corrected chi connectivity index (χ4v) is 4.86. The number of carbonyl (C=O) groups is 1. The minimum absolute atomic E-state index is 0.140. The van der Waals surface area contributed by atoms with Gasteiger partial charge in [-0.25, -0.2) is 13.8 Å². The second-order valence-electron chi connectivity index (χ2n) is 7.87. The van der Waals surface area contributed by atoms with E-state index in [4.69, 9.17) is 4.74 Å². The van der Waals surface area contributed by atoms with Crippen LogP contribution in [0.4, 0.5) is 4.39 Å². The Kier molecular flexibility index (Phi) is 5.11. The number of nitrogens with zero attached hydrogens (tertiary/aromatic N) is 2. The number of hydrogen-bond donors (Lipinski definition) is 0. The van der Waals surface area contributed by atoms with Gasteiger partial charge in [-0.2, -0.15) is 0 Å². The zero-order chi connectivity index (χ0) is 21.6. The third kappa shape index (κ3) is 3.59. The number of fused-ring (bicyclic) bond motifs is 3. The Hall–Kier alpha value is -2.78. The number of thiophene rings is 1. The monoisotopic (exact) mass is 432 g/mol. The number of esters is 1. The predicted molar refractivity (Wildman–Crippen MR) is 110 cm³/mol. The van der Waals surface area contributed by atoms with E-state index >= 15 is 0 Å². The molecule has 0 unspecified atom stereocenters. The van der Waals surface area contributed by atoms with Gasteiger partial charge in [0.1, 0.15) is 17.2 Å². The second-order valence-corrected chi connectivity index (χ2v) is 8.96. The summed E-state index contributed by atoms with van der Waals surface area (Å²) in [5.41, 5.74) is -0.0147. The van der Waals surface area contributed by atoms with Crippen molar-refractivity contribution in [1.82, 2.24) is 9.13 Å². The third-order valence-corrected chi connectivity index (χ3v) is 6.43. The van der Waals surface area contributed by atoms with Gasteiger partial charge in [-0.15, -0.1) is 11.3 Å². The standard InChI is InChI=1S/C21H21FN2O5S/c1-21(2)8-14-15(11-29-21)30-19-17(14)18(26)23(10-16(25)28-3)20(27)24(19)9-12-4-6-13(22)7-5-12/h4-7H,8-11H2,1-3H3. The molecule has 0 radical (unpaired) electrons. The van der Waals surface area contributed by atoms with Gasteiger partial charge < -0.3 is 9.47 Å². The molecule has 3 aromatic rings. The lowest BCUT2D eigenvalue weighted by Crippen LogP contribution is -2.42. The number of aromatic nitrogens is 2. The van der Waals surface area contributed by atoms with Crippen molar-refractivity contribution in [2.75, 3.05) is 7.11 Å². The molecule has 0 spiro atoms. The summed E-state index contributed by atoms with van der Waals surface area (Å²) in [6, 6.07) is 5.81. The summed E-state index contributed by atoms with van der Waals surface area (Å²) in [6.07, 6.45) is 0.518. The van der Waals surface area contributed by atoms with Crippen LogP contribution in [-0.2, 0) is 40.4 Å². The Bertz CT molecular complexity index is 1250. The van der Waals surface area contributed by atoms with Crippen molar-refractivity contribution in [2.45, 2.75) is 45.6 Å². The first-order valence-electron chi connectivity index (χ1n) is 9.43.